The van der Waals surface area contributed by atoms with Crippen molar-refractivity contribution in [2.75, 3.05) is 18.2 Å². The van der Waals surface area contributed by atoms with Crippen LogP contribution in [-0.4, -0.2) is 52.0 Å². The highest BCUT2D eigenvalue weighted by molar-refractivity contribution is 7.99. The SMILES string of the molecule is CC(C)(C)c1ccc(C(=O)N2CSCC2C(=O)NCCC(=O)O)cc1. The smallest absolute Gasteiger partial charge is 0.305 e. The second kappa shape index (κ2) is 7.91. The van der Waals surface area contributed by atoms with Crippen molar-refractivity contribution in [1.29, 1.82) is 0 Å². The van der Waals surface area contributed by atoms with E-state index in [4.69, 9.17) is 5.11 Å². The number of benzene rings is 1. The predicted octanol–water partition coefficient (Wildman–Crippen LogP) is 2.09. The zero-order chi connectivity index (χ0) is 18.6. The van der Waals surface area contributed by atoms with Gasteiger partial charge in [-0.2, -0.15) is 0 Å². The first-order valence-corrected chi connectivity index (χ1v) is 9.34. The molecule has 1 aromatic carbocycles. The Kier molecular flexibility index (Phi) is 6.11. The lowest BCUT2D eigenvalue weighted by Crippen LogP contribution is -2.47. The number of carbonyl (C=O) groups is 3. The molecule has 0 spiro atoms. The molecule has 0 bridgehead atoms. The van der Waals surface area contributed by atoms with Crippen LogP contribution < -0.4 is 5.32 Å². The quantitative estimate of drug-likeness (QED) is 0.835. The average Bonchev–Trinajstić information content (AvgIpc) is 3.02. The van der Waals surface area contributed by atoms with Crippen molar-refractivity contribution < 1.29 is 19.5 Å². The Labute approximate surface area is 152 Å². The molecule has 2 N–H and O–H groups in total. The third-order valence-corrected chi connectivity index (χ3v) is 5.09. The molecule has 2 amide bonds. The van der Waals surface area contributed by atoms with Gasteiger partial charge in [0.05, 0.1) is 12.3 Å². The van der Waals surface area contributed by atoms with Crippen LogP contribution in [0.15, 0.2) is 24.3 Å². The van der Waals surface area contributed by atoms with E-state index < -0.39 is 12.0 Å². The minimum absolute atomic E-state index is 0.0115. The average molecular weight is 364 g/mol. The summed E-state index contributed by atoms with van der Waals surface area (Å²) in [5, 5.41) is 11.2. The predicted molar refractivity (Wildman–Crippen MR) is 97.7 cm³/mol. The Balaban J connectivity index is 2.04. The highest BCUT2D eigenvalue weighted by atomic mass is 32.2. The van der Waals surface area contributed by atoms with E-state index in [1.54, 1.807) is 17.0 Å². The first-order valence-electron chi connectivity index (χ1n) is 8.19. The highest BCUT2D eigenvalue weighted by Gasteiger charge is 2.35. The van der Waals surface area contributed by atoms with Gasteiger partial charge in [-0.05, 0) is 23.1 Å². The maximum Gasteiger partial charge on any atom is 0.305 e. The van der Waals surface area contributed by atoms with E-state index in [1.165, 1.54) is 11.8 Å². The van der Waals surface area contributed by atoms with Crippen molar-refractivity contribution in [3.05, 3.63) is 35.4 Å². The lowest BCUT2D eigenvalue weighted by molar-refractivity contribution is -0.137. The van der Waals surface area contributed by atoms with Crippen molar-refractivity contribution >= 4 is 29.5 Å². The van der Waals surface area contributed by atoms with Gasteiger partial charge in [0.2, 0.25) is 5.91 Å². The van der Waals surface area contributed by atoms with Gasteiger partial charge in [-0.25, -0.2) is 0 Å². The van der Waals surface area contributed by atoms with Crippen LogP contribution in [0.1, 0.15) is 43.1 Å². The van der Waals surface area contributed by atoms with Crippen molar-refractivity contribution in [2.45, 2.75) is 38.6 Å². The molecule has 0 saturated carbocycles. The summed E-state index contributed by atoms with van der Waals surface area (Å²) in [5.74, 6) is -0.468. The van der Waals surface area contributed by atoms with Gasteiger partial charge in [-0.15, -0.1) is 11.8 Å². The maximum atomic E-state index is 12.7. The summed E-state index contributed by atoms with van der Waals surface area (Å²) in [4.78, 5) is 37.1. The molecule has 1 atom stereocenters. The fourth-order valence-corrected chi connectivity index (χ4v) is 3.70. The van der Waals surface area contributed by atoms with Crippen molar-refractivity contribution in [1.82, 2.24) is 10.2 Å². The second-order valence-electron chi connectivity index (χ2n) is 7.05. The third-order valence-electron chi connectivity index (χ3n) is 4.08. The summed E-state index contributed by atoms with van der Waals surface area (Å²) in [6, 6.07) is 6.92. The largest absolute Gasteiger partial charge is 0.481 e. The summed E-state index contributed by atoms with van der Waals surface area (Å²) >= 11 is 1.52. The lowest BCUT2D eigenvalue weighted by Gasteiger charge is -2.24. The number of aliphatic carboxylic acids is 1. The zero-order valence-corrected chi connectivity index (χ0v) is 15.6. The molecular weight excluding hydrogens is 340 g/mol. The second-order valence-corrected chi connectivity index (χ2v) is 8.05. The van der Waals surface area contributed by atoms with E-state index in [-0.39, 0.29) is 30.2 Å². The molecule has 136 valence electrons. The third kappa shape index (κ3) is 4.98. The number of amides is 2. The van der Waals surface area contributed by atoms with Crippen LogP contribution in [0.3, 0.4) is 0 Å². The molecule has 7 heteroatoms. The topological polar surface area (TPSA) is 86.7 Å². The molecule has 1 aliphatic heterocycles. The van der Waals surface area contributed by atoms with Gasteiger partial charge in [0.1, 0.15) is 6.04 Å². The van der Waals surface area contributed by atoms with Crippen molar-refractivity contribution in [2.24, 2.45) is 0 Å². The molecule has 0 radical (unpaired) electrons. The number of carboxylic acids is 1. The van der Waals surface area contributed by atoms with Crippen LogP contribution in [0, 0.1) is 0 Å². The molecule has 6 nitrogen and oxygen atoms in total. The lowest BCUT2D eigenvalue weighted by atomic mass is 9.86. The van der Waals surface area contributed by atoms with Crippen LogP contribution >= 0.6 is 11.8 Å². The van der Waals surface area contributed by atoms with E-state index in [9.17, 15) is 14.4 Å². The standard InChI is InChI=1S/C18H24N2O4S/c1-18(2,3)13-6-4-12(5-7-13)17(24)20-11-25-10-14(20)16(23)19-9-8-15(21)22/h4-7,14H,8-11H2,1-3H3,(H,19,23)(H,21,22). The van der Waals surface area contributed by atoms with Crippen LogP contribution in [0.5, 0.6) is 0 Å². The molecule has 1 saturated heterocycles. The van der Waals surface area contributed by atoms with E-state index in [0.717, 1.165) is 5.56 Å². The minimum atomic E-state index is -0.965. The van der Waals surface area contributed by atoms with Gasteiger partial charge < -0.3 is 15.3 Å². The van der Waals surface area contributed by atoms with E-state index in [2.05, 4.69) is 26.1 Å². The van der Waals surface area contributed by atoms with Crippen LogP contribution in [0.25, 0.3) is 0 Å². The first kappa shape index (κ1) is 19.3. The molecular formula is C18H24N2O4S. The van der Waals surface area contributed by atoms with Gasteiger partial charge in [0.15, 0.2) is 0 Å². The van der Waals surface area contributed by atoms with E-state index >= 15 is 0 Å². The number of thioether (sulfide) groups is 1. The highest BCUT2D eigenvalue weighted by Crippen LogP contribution is 2.25. The molecule has 0 aliphatic carbocycles. The number of nitrogens with zero attached hydrogens (tertiary/aromatic N) is 1. The van der Waals surface area contributed by atoms with Crippen LogP contribution in [0.4, 0.5) is 0 Å². The summed E-state index contributed by atoms with van der Waals surface area (Å²) in [7, 11) is 0. The minimum Gasteiger partial charge on any atom is -0.481 e. The molecule has 1 fully saturated rings. The Bertz CT molecular complexity index is 652. The van der Waals surface area contributed by atoms with Crippen molar-refractivity contribution in [3.63, 3.8) is 0 Å². The molecule has 1 unspecified atom stereocenters. The Hall–Kier alpha value is -2.02. The van der Waals surface area contributed by atoms with Gasteiger partial charge in [0, 0.05) is 17.9 Å². The molecule has 2 rings (SSSR count). The Morgan fingerprint density at radius 1 is 1.24 bits per heavy atom. The van der Waals surface area contributed by atoms with Crippen LogP contribution in [-0.2, 0) is 15.0 Å². The molecule has 1 aliphatic rings. The monoisotopic (exact) mass is 364 g/mol. The Morgan fingerprint density at radius 2 is 1.88 bits per heavy atom. The number of nitrogens with one attached hydrogen (secondary N) is 1. The Morgan fingerprint density at radius 3 is 2.44 bits per heavy atom. The van der Waals surface area contributed by atoms with Gasteiger partial charge in [-0.3, -0.25) is 14.4 Å². The van der Waals surface area contributed by atoms with Gasteiger partial charge in [0.25, 0.3) is 5.91 Å². The van der Waals surface area contributed by atoms with Gasteiger partial charge in [-0.1, -0.05) is 32.9 Å². The summed E-state index contributed by atoms with van der Waals surface area (Å²) < 4.78 is 0. The normalized spacial score (nSPS) is 17.4. The van der Waals surface area contributed by atoms with E-state index in [1.807, 2.05) is 12.1 Å². The van der Waals surface area contributed by atoms with Gasteiger partial charge >= 0.3 is 5.97 Å². The first-order chi connectivity index (χ1) is 11.7. The summed E-state index contributed by atoms with van der Waals surface area (Å²) in [5.41, 5.74) is 1.71. The number of hydrogen-bond acceptors (Lipinski definition) is 4. The van der Waals surface area contributed by atoms with E-state index in [0.29, 0.717) is 17.2 Å². The van der Waals surface area contributed by atoms with Crippen LogP contribution in [0.2, 0.25) is 0 Å². The molecule has 0 aromatic heterocycles. The fourth-order valence-electron chi connectivity index (χ4n) is 2.55. The fraction of sp³-hybridized carbons (Fsp3) is 0.500. The zero-order valence-electron chi connectivity index (χ0n) is 14.7. The van der Waals surface area contributed by atoms with Crippen molar-refractivity contribution in [3.8, 4) is 0 Å². The maximum absolute atomic E-state index is 12.7. The number of carboxylic acid groups (broad SMARTS) is 1. The molecule has 1 aromatic rings. The number of rotatable bonds is 5. The number of carbonyl (C=O) groups excluding carboxylic acids is 2. The molecule has 25 heavy (non-hydrogen) atoms. The number of hydrogen-bond donors (Lipinski definition) is 2. The molecule has 1 heterocycles. The summed E-state index contributed by atoms with van der Waals surface area (Å²) in [6.45, 7) is 6.40. The summed E-state index contributed by atoms with van der Waals surface area (Å²) in [6.07, 6.45) is -0.131.